The lowest BCUT2D eigenvalue weighted by molar-refractivity contribution is -0.128. The molecule has 0 N–H and O–H groups in total. The van der Waals surface area contributed by atoms with Gasteiger partial charge in [-0.25, -0.2) is 4.79 Å². The molecule has 0 saturated carbocycles. The molecule has 4 rings (SSSR count). The first-order valence-electron chi connectivity index (χ1n) is 9.07. The topological polar surface area (TPSA) is 56.5 Å². The highest BCUT2D eigenvalue weighted by Gasteiger charge is 2.11. The van der Waals surface area contributed by atoms with Crippen LogP contribution in [-0.4, -0.2) is 5.97 Å². The summed E-state index contributed by atoms with van der Waals surface area (Å²) in [6, 6.07) is 16.5. The number of fused-ring (bicyclic) bond motifs is 1. The van der Waals surface area contributed by atoms with Crippen molar-refractivity contribution in [3.63, 3.8) is 0 Å². The van der Waals surface area contributed by atoms with Crippen molar-refractivity contribution in [3.8, 4) is 16.9 Å². The highest BCUT2D eigenvalue weighted by molar-refractivity contribution is 6.42. The third kappa shape index (κ3) is 4.83. The van der Waals surface area contributed by atoms with Crippen molar-refractivity contribution in [2.24, 2.45) is 0 Å². The first-order valence-corrected chi connectivity index (χ1v) is 10.2. The van der Waals surface area contributed by atoms with E-state index in [2.05, 4.69) is 0 Å². The molecule has 0 amide bonds. The summed E-state index contributed by atoms with van der Waals surface area (Å²) in [5.74, 6) is -0.343. The lowest BCUT2D eigenvalue weighted by Crippen LogP contribution is -2.06. The minimum atomic E-state index is -0.592. The van der Waals surface area contributed by atoms with Gasteiger partial charge in [0.05, 0.1) is 21.0 Å². The molecule has 1 heterocycles. The van der Waals surface area contributed by atoms with Crippen LogP contribution < -0.4 is 10.2 Å². The van der Waals surface area contributed by atoms with Gasteiger partial charge < -0.3 is 9.15 Å². The van der Waals surface area contributed by atoms with E-state index in [4.69, 9.17) is 44.0 Å². The smallest absolute Gasteiger partial charge is 0.336 e. The van der Waals surface area contributed by atoms with E-state index in [1.54, 1.807) is 54.6 Å². The van der Waals surface area contributed by atoms with Crippen LogP contribution in [0.25, 0.3) is 28.2 Å². The van der Waals surface area contributed by atoms with Crippen molar-refractivity contribution in [1.82, 2.24) is 0 Å². The molecule has 0 aliphatic rings. The van der Waals surface area contributed by atoms with Crippen molar-refractivity contribution in [1.29, 1.82) is 0 Å². The van der Waals surface area contributed by atoms with E-state index >= 15 is 0 Å². The molecule has 7 heteroatoms. The van der Waals surface area contributed by atoms with E-state index in [0.29, 0.717) is 42.7 Å². The Labute approximate surface area is 192 Å². The van der Waals surface area contributed by atoms with Gasteiger partial charge in [-0.1, -0.05) is 53.0 Å². The van der Waals surface area contributed by atoms with E-state index in [1.165, 1.54) is 24.5 Å². The van der Waals surface area contributed by atoms with Crippen LogP contribution in [0.3, 0.4) is 0 Å². The standard InChI is InChI=1S/C24H13Cl3O4/c25-16-5-3-15(4-6-16)19-13-30-22-12-17(7-8-18(22)24(19)29)31-23(28)10-2-14-1-9-20(26)21(27)11-14/h1-13H/b10-2+. The van der Waals surface area contributed by atoms with Crippen molar-refractivity contribution in [2.75, 3.05) is 0 Å². The van der Waals surface area contributed by atoms with Gasteiger partial charge in [0.2, 0.25) is 0 Å². The second-order valence-corrected chi connectivity index (χ2v) is 7.82. The maximum Gasteiger partial charge on any atom is 0.336 e. The fourth-order valence-electron chi connectivity index (χ4n) is 2.93. The number of hydrogen-bond donors (Lipinski definition) is 0. The van der Waals surface area contributed by atoms with Crippen LogP contribution in [0, 0.1) is 0 Å². The normalized spacial score (nSPS) is 11.2. The Morgan fingerprint density at radius 2 is 1.68 bits per heavy atom. The van der Waals surface area contributed by atoms with Crippen molar-refractivity contribution in [3.05, 3.63) is 104 Å². The number of esters is 1. The lowest BCUT2D eigenvalue weighted by atomic mass is 10.1. The fraction of sp³-hybridized carbons (Fsp3) is 0. The summed E-state index contributed by atoms with van der Waals surface area (Å²) >= 11 is 17.7. The Hall–Kier alpha value is -3.05. The van der Waals surface area contributed by atoms with Crippen molar-refractivity contribution >= 4 is 57.8 Å². The Bertz CT molecular complexity index is 1370. The molecule has 0 spiro atoms. The molecule has 0 fully saturated rings. The third-order valence-corrected chi connectivity index (χ3v) is 5.47. The van der Waals surface area contributed by atoms with E-state index in [-0.39, 0.29) is 11.2 Å². The highest BCUT2D eigenvalue weighted by atomic mass is 35.5. The second kappa shape index (κ2) is 8.98. The molecule has 1 aromatic heterocycles. The number of halogens is 3. The van der Waals surface area contributed by atoms with Gasteiger partial charge in [0.15, 0.2) is 5.43 Å². The SMILES string of the molecule is O=C(/C=C/c1ccc(Cl)c(Cl)c1)Oc1ccc2c(=O)c(-c3ccc(Cl)cc3)coc2c1. The van der Waals surface area contributed by atoms with Gasteiger partial charge in [-0.15, -0.1) is 0 Å². The summed E-state index contributed by atoms with van der Waals surface area (Å²) in [7, 11) is 0. The van der Waals surface area contributed by atoms with Gasteiger partial charge in [-0.2, -0.15) is 0 Å². The molecular weight excluding hydrogens is 459 g/mol. The summed E-state index contributed by atoms with van der Waals surface area (Å²) in [4.78, 5) is 25.0. The Kier molecular flexibility index (Phi) is 6.14. The van der Waals surface area contributed by atoms with Crippen LogP contribution in [0.15, 0.2) is 82.2 Å². The van der Waals surface area contributed by atoms with Crippen LogP contribution in [0.4, 0.5) is 0 Å². The number of rotatable bonds is 4. The third-order valence-electron chi connectivity index (χ3n) is 4.48. The molecule has 4 nitrogen and oxygen atoms in total. The molecule has 4 aromatic rings. The van der Waals surface area contributed by atoms with Crippen LogP contribution in [-0.2, 0) is 4.79 Å². The molecule has 154 valence electrons. The van der Waals surface area contributed by atoms with Gasteiger partial charge in [-0.05, 0) is 53.6 Å². The van der Waals surface area contributed by atoms with Gasteiger partial charge in [0.1, 0.15) is 17.6 Å². The van der Waals surface area contributed by atoms with Crippen LogP contribution >= 0.6 is 34.8 Å². The van der Waals surface area contributed by atoms with Crippen molar-refractivity contribution < 1.29 is 13.9 Å². The Morgan fingerprint density at radius 1 is 0.903 bits per heavy atom. The van der Waals surface area contributed by atoms with E-state index in [9.17, 15) is 9.59 Å². The summed E-state index contributed by atoms with van der Waals surface area (Å²) in [5, 5.41) is 1.77. The number of carbonyl (C=O) groups excluding carboxylic acids is 1. The van der Waals surface area contributed by atoms with E-state index in [1.807, 2.05) is 0 Å². The van der Waals surface area contributed by atoms with Gasteiger partial charge in [-0.3, -0.25) is 4.79 Å². The first kappa shape index (κ1) is 21.2. The zero-order chi connectivity index (χ0) is 22.0. The number of benzene rings is 3. The van der Waals surface area contributed by atoms with Gasteiger partial charge in [0.25, 0.3) is 0 Å². The second-order valence-electron chi connectivity index (χ2n) is 6.57. The molecular formula is C24H13Cl3O4. The molecule has 0 aliphatic heterocycles. The maximum atomic E-state index is 12.8. The number of ether oxygens (including phenoxy) is 1. The van der Waals surface area contributed by atoms with Gasteiger partial charge in [0, 0.05) is 17.2 Å². The molecule has 0 bridgehead atoms. The van der Waals surface area contributed by atoms with Crippen LogP contribution in [0.1, 0.15) is 5.56 Å². The average Bonchev–Trinajstić information content (AvgIpc) is 2.76. The summed E-state index contributed by atoms with van der Waals surface area (Å²) in [6.07, 6.45) is 4.21. The minimum absolute atomic E-state index is 0.194. The molecule has 0 atom stereocenters. The summed E-state index contributed by atoms with van der Waals surface area (Å²) in [5.41, 5.74) is 1.93. The van der Waals surface area contributed by atoms with Crippen LogP contribution in [0.2, 0.25) is 15.1 Å². The zero-order valence-corrected chi connectivity index (χ0v) is 18.0. The number of hydrogen-bond acceptors (Lipinski definition) is 4. The summed E-state index contributed by atoms with van der Waals surface area (Å²) < 4.78 is 10.9. The first-order chi connectivity index (χ1) is 14.9. The average molecular weight is 472 g/mol. The molecule has 0 aliphatic carbocycles. The number of carbonyl (C=O) groups is 1. The van der Waals surface area contributed by atoms with E-state index in [0.717, 1.165) is 0 Å². The van der Waals surface area contributed by atoms with Crippen LogP contribution in [0.5, 0.6) is 5.75 Å². The van der Waals surface area contributed by atoms with Crippen molar-refractivity contribution in [2.45, 2.75) is 0 Å². The maximum absolute atomic E-state index is 12.8. The predicted octanol–water partition coefficient (Wildman–Crippen LogP) is 7.04. The molecule has 0 radical (unpaired) electrons. The Balaban J connectivity index is 1.55. The van der Waals surface area contributed by atoms with E-state index < -0.39 is 5.97 Å². The predicted molar refractivity (Wildman–Crippen MR) is 124 cm³/mol. The molecule has 31 heavy (non-hydrogen) atoms. The summed E-state index contributed by atoms with van der Waals surface area (Å²) in [6.45, 7) is 0. The zero-order valence-electron chi connectivity index (χ0n) is 15.8. The highest BCUT2D eigenvalue weighted by Crippen LogP contribution is 2.25. The lowest BCUT2D eigenvalue weighted by Gasteiger charge is -2.05. The van der Waals surface area contributed by atoms with Gasteiger partial charge >= 0.3 is 5.97 Å². The molecule has 0 unspecified atom stereocenters. The fourth-order valence-corrected chi connectivity index (χ4v) is 3.36. The monoisotopic (exact) mass is 470 g/mol. The molecule has 3 aromatic carbocycles. The quantitative estimate of drug-likeness (QED) is 0.182. The minimum Gasteiger partial charge on any atom is -0.463 e. The largest absolute Gasteiger partial charge is 0.463 e. The Morgan fingerprint density at radius 3 is 2.42 bits per heavy atom. The molecule has 0 saturated heterocycles.